The first-order chi connectivity index (χ1) is 13.0. The Hall–Kier alpha value is -2.12. The highest BCUT2D eigenvalue weighted by molar-refractivity contribution is 5.72. The fraction of sp³-hybridized carbons (Fsp3) is 0.619. The van der Waals surface area contributed by atoms with Crippen molar-refractivity contribution in [3.05, 3.63) is 35.9 Å². The quantitative estimate of drug-likeness (QED) is 0.689. The molecule has 28 heavy (non-hydrogen) atoms. The third-order valence-corrected chi connectivity index (χ3v) is 4.44. The van der Waals surface area contributed by atoms with Crippen molar-refractivity contribution in [3.63, 3.8) is 0 Å². The van der Waals surface area contributed by atoms with E-state index < -0.39 is 35.5 Å². The topological polar surface area (TPSA) is 74.3 Å². The first kappa shape index (κ1) is 22.2. The van der Waals surface area contributed by atoms with Gasteiger partial charge in [-0.15, -0.1) is 0 Å². The van der Waals surface area contributed by atoms with Crippen LogP contribution in [0.5, 0.6) is 0 Å². The van der Waals surface area contributed by atoms with Crippen LogP contribution in [0, 0.1) is 0 Å². The van der Waals surface area contributed by atoms with Gasteiger partial charge in [-0.2, -0.15) is 0 Å². The van der Waals surface area contributed by atoms with Crippen molar-refractivity contribution in [3.8, 4) is 0 Å². The van der Waals surface area contributed by atoms with Gasteiger partial charge < -0.3 is 18.9 Å². The summed E-state index contributed by atoms with van der Waals surface area (Å²) in [4.78, 5) is 26.4. The van der Waals surface area contributed by atoms with Crippen LogP contribution in [-0.2, 0) is 30.3 Å². The Labute approximate surface area is 166 Å². The van der Waals surface area contributed by atoms with Crippen LogP contribution in [0.25, 0.3) is 0 Å². The van der Waals surface area contributed by atoms with Gasteiger partial charge in [0, 0.05) is 0 Å². The summed E-state index contributed by atoms with van der Waals surface area (Å²) in [6.07, 6.45) is -1.09. The molecule has 7 nitrogen and oxygen atoms in total. The molecule has 0 unspecified atom stereocenters. The third-order valence-electron chi connectivity index (χ3n) is 4.44. The van der Waals surface area contributed by atoms with Crippen LogP contribution in [0.1, 0.15) is 46.6 Å². The molecule has 156 valence electrons. The van der Waals surface area contributed by atoms with E-state index in [1.165, 1.54) is 12.0 Å². The summed E-state index contributed by atoms with van der Waals surface area (Å²) in [6, 6.07) is 9.16. The Morgan fingerprint density at radius 1 is 1.25 bits per heavy atom. The van der Waals surface area contributed by atoms with Crippen LogP contribution in [0.15, 0.2) is 30.3 Å². The molecule has 0 N–H and O–H groups in total. The second-order valence-electron chi connectivity index (χ2n) is 8.29. The second-order valence-corrected chi connectivity index (χ2v) is 8.29. The zero-order chi connectivity index (χ0) is 20.9. The van der Waals surface area contributed by atoms with Gasteiger partial charge in [-0.1, -0.05) is 30.3 Å². The fourth-order valence-electron chi connectivity index (χ4n) is 3.10. The number of nitrogens with zero attached hydrogens (tertiary/aromatic N) is 1. The molecule has 0 spiro atoms. The highest BCUT2D eigenvalue weighted by atomic mass is 16.6. The van der Waals surface area contributed by atoms with E-state index in [2.05, 4.69) is 0 Å². The van der Waals surface area contributed by atoms with Gasteiger partial charge in [0.1, 0.15) is 11.3 Å². The van der Waals surface area contributed by atoms with Gasteiger partial charge >= 0.3 is 12.1 Å². The number of rotatable bonds is 6. The number of hydrogen-bond acceptors (Lipinski definition) is 6. The van der Waals surface area contributed by atoms with Crippen molar-refractivity contribution in [2.24, 2.45) is 0 Å². The number of esters is 1. The van der Waals surface area contributed by atoms with Crippen molar-refractivity contribution in [1.29, 1.82) is 0 Å². The average Bonchev–Trinajstić information content (AvgIpc) is 2.93. The fourth-order valence-corrected chi connectivity index (χ4v) is 3.10. The lowest BCUT2D eigenvalue weighted by molar-refractivity contribution is -0.146. The number of amides is 1. The van der Waals surface area contributed by atoms with Gasteiger partial charge in [-0.25, -0.2) is 4.79 Å². The molecule has 7 heteroatoms. The maximum atomic E-state index is 12.9. The second kappa shape index (κ2) is 8.92. The van der Waals surface area contributed by atoms with Gasteiger partial charge in [0.15, 0.2) is 0 Å². The maximum Gasteiger partial charge on any atom is 0.412 e. The van der Waals surface area contributed by atoms with E-state index >= 15 is 0 Å². The van der Waals surface area contributed by atoms with E-state index in [1.54, 1.807) is 13.8 Å². The Morgan fingerprint density at radius 3 is 2.46 bits per heavy atom. The minimum Gasteiger partial charge on any atom is -0.469 e. The van der Waals surface area contributed by atoms with Crippen LogP contribution in [0.4, 0.5) is 4.79 Å². The number of methoxy groups -OCH3 is 1. The first-order valence-electron chi connectivity index (χ1n) is 9.42. The molecule has 1 heterocycles. The largest absolute Gasteiger partial charge is 0.469 e. The molecular formula is C21H31NO6. The lowest BCUT2D eigenvalue weighted by Crippen LogP contribution is -2.54. The van der Waals surface area contributed by atoms with Crippen molar-refractivity contribution < 1.29 is 28.5 Å². The number of hydrogen-bond donors (Lipinski definition) is 0. The molecule has 0 saturated carbocycles. The minimum atomic E-state index is -0.878. The van der Waals surface area contributed by atoms with Crippen LogP contribution in [-0.4, -0.2) is 54.2 Å². The molecule has 1 aliphatic heterocycles. The molecule has 0 aliphatic carbocycles. The van der Waals surface area contributed by atoms with E-state index in [9.17, 15) is 9.59 Å². The molecule has 1 amide bonds. The van der Waals surface area contributed by atoms with E-state index in [0.717, 1.165) is 5.56 Å². The summed E-state index contributed by atoms with van der Waals surface area (Å²) in [6.45, 7) is 9.56. The Bertz CT molecular complexity index is 667. The molecular weight excluding hydrogens is 362 g/mol. The Kier molecular flexibility index (Phi) is 7.06. The highest BCUT2D eigenvalue weighted by Crippen LogP contribution is 2.33. The van der Waals surface area contributed by atoms with Crippen molar-refractivity contribution in [2.45, 2.75) is 71.1 Å². The molecule has 2 atom stereocenters. The monoisotopic (exact) mass is 393 g/mol. The molecule has 0 radical (unpaired) electrons. The van der Waals surface area contributed by atoms with Gasteiger partial charge in [-0.3, -0.25) is 9.69 Å². The number of carbonyl (C=O) groups is 2. The summed E-state index contributed by atoms with van der Waals surface area (Å²) < 4.78 is 22.3. The van der Waals surface area contributed by atoms with Crippen LogP contribution in [0.2, 0.25) is 0 Å². The molecule has 2 rings (SSSR count). The van der Waals surface area contributed by atoms with Gasteiger partial charge in [0.05, 0.1) is 38.9 Å². The maximum absolute atomic E-state index is 12.9. The van der Waals surface area contributed by atoms with Crippen molar-refractivity contribution in [1.82, 2.24) is 4.90 Å². The number of ether oxygens (including phenoxy) is 4. The zero-order valence-electron chi connectivity index (χ0n) is 17.6. The standard InChI is InChI=1S/C21H31NO6/c1-20(2,3)28-19(24)22-16(14-27-21(22,4)5)17(12-18(23)25-6)26-13-15-10-8-7-9-11-15/h7-11,16-17H,12-14H2,1-6H3/t16-,17-/m1/s1. The Balaban J connectivity index is 2.22. The van der Waals surface area contributed by atoms with Crippen LogP contribution >= 0.6 is 0 Å². The lowest BCUT2D eigenvalue weighted by atomic mass is 10.1. The zero-order valence-corrected chi connectivity index (χ0v) is 17.6. The van der Waals surface area contributed by atoms with Crippen molar-refractivity contribution in [2.75, 3.05) is 13.7 Å². The lowest BCUT2D eigenvalue weighted by Gasteiger charge is -2.37. The summed E-state index contributed by atoms with van der Waals surface area (Å²) in [7, 11) is 1.33. The summed E-state index contributed by atoms with van der Waals surface area (Å²) in [5.41, 5.74) is -0.556. The third kappa shape index (κ3) is 5.94. The predicted octanol–water partition coefficient (Wildman–Crippen LogP) is 3.51. The molecule has 1 saturated heterocycles. The summed E-state index contributed by atoms with van der Waals surface area (Å²) in [5.74, 6) is -0.410. The summed E-state index contributed by atoms with van der Waals surface area (Å²) >= 11 is 0. The molecule has 1 aliphatic rings. The average molecular weight is 393 g/mol. The van der Waals surface area contributed by atoms with Crippen LogP contribution < -0.4 is 0 Å². The molecule has 0 bridgehead atoms. The minimum absolute atomic E-state index is 0.00668. The number of benzene rings is 1. The molecule has 1 fully saturated rings. The summed E-state index contributed by atoms with van der Waals surface area (Å²) in [5, 5.41) is 0. The van der Waals surface area contributed by atoms with Crippen molar-refractivity contribution >= 4 is 12.1 Å². The SMILES string of the molecule is COC(=O)C[C@@H](OCc1ccccc1)[C@H]1COC(C)(C)N1C(=O)OC(C)(C)C. The molecule has 1 aromatic carbocycles. The van der Waals surface area contributed by atoms with E-state index in [-0.39, 0.29) is 13.0 Å². The van der Waals surface area contributed by atoms with E-state index in [0.29, 0.717) is 6.61 Å². The van der Waals surface area contributed by atoms with Crippen LogP contribution in [0.3, 0.4) is 0 Å². The normalized spacial score (nSPS) is 19.9. The van der Waals surface area contributed by atoms with Gasteiger partial charge in [0.25, 0.3) is 0 Å². The number of carbonyl (C=O) groups excluding carboxylic acids is 2. The first-order valence-corrected chi connectivity index (χ1v) is 9.42. The Morgan fingerprint density at radius 2 is 1.89 bits per heavy atom. The van der Waals surface area contributed by atoms with E-state index in [4.69, 9.17) is 18.9 Å². The molecule has 1 aromatic rings. The smallest absolute Gasteiger partial charge is 0.412 e. The predicted molar refractivity (Wildman–Crippen MR) is 104 cm³/mol. The van der Waals surface area contributed by atoms with E-state index in [1.807, 2.05) is 51.1 Å². The molecule has 0 aromatic heterocycles. The highest BCUT2D eigenvalue weighted by Gasteiger charge is 2.49. The van der Waals surface area contributed by atoms with Gasteiger partial charge in [-0.05, 0) is 40.2 Å². The van der Waals surface area contributed by atoms with Gasteiger partial charge in [0.2, 0.25) is 0 Å².